The molecule has 3 nitrogen and oxygen atoms in total. The van der Waals surface area contributed by atoms with Crippen molar-refractivity contribution in [2.75, 3.05) is 13.6 Å². The Hall–Kier alpha value is -1.06. The molecule has 1 aliphatic carbocycles. The number of nitrogens with zero attached hydrogens (tertiary/aromatic N) is 1. The van der Waals surface area contributed by atoms with Gasteiger partial charge in [-0.2, -0.15) is 0 Å². The lowest BCUT2D eigenvalue weighted by Crippen LogP contribution is -2.18. The number of nitrogens with one attached hydrogen (secondary N) is 1. The fraction of sp³-hybridized carbons (Fsp3) is 0.600. The van der Waals surface area contributed by atoms with Gasteiger partial charge in [-0.25, -0.2) is 0 Å². The number of unbranched alkanes of at least 4 members (excludes halogenated alkanes) is 1. The third-order valence-electron chi connectivity index (χ3n) is 3.25. The Morgan fingerprint density at radius 2 is 2.39 bits per heavy atom. The van der Waals surface area contributed by atoms with Crippen LogP contribution in [0, 0.1) is 0 Å². The Morgan fingerprint density at radius 3 is 3.11 bits per heavy atom. The molecule has 0 bridgehead atoms. The zero-order valence-electron chi connectivity index (χ0n) is 11.3. The summed E-state index contributed by atoms with van der Waals surface area (Å²) >= 11 is 0. The second-order valence-electron chi connectivity index (χ2n) is 5.25. The monoisotopic (exact) mass is 248 g/mol. The molecule has 3 heteroatoms. The molecule has 1 heterocycles. The van der Waals surface area contributed by atoms with Crippen LogP contribution >= 0.6 is 0 Å². The first kappa shape index (κ1) is 13.4. The predicted molar refractivity (Wildman–Crippen MR) is 74.3 cm³/mol. The van der Waals surface area contributed by atoms with Gasteiger partial charge in [-0.3, -0.25) is 4.90 Å². The van der Waals surface area contributed by atoms with E-state index in [4.69, 9.17) is 4.42 Å². The second kappa shape index (κ2) is 6.76. The van der Waals surface area contributed by atoms with E-state index in [2.05, 4.69) is 29.9 Å². The minimum Gasteiger partial charge on any atom is -0.468 e. The molecule has 0 atom stereocenters. The average Bonchev–Trinajstić information content (AvgIpc) is 3.08. The van der Waals surface area contributed by atoms with Crippen molar-refractivity contribution in [2.24, 2.45) is 0 Å². The van der Waals surface area contributed by atoms with Crippen molar-refractivity contribution in [3.05, 3.63) is 36.3 Å². The van der Waals surface area contributed by atoms with Gasteiger partial charge in [-0.1, -0.05) is 6.08 Å². The van der Waals surface area contributed by atoms with Crippen LogP contribution in [-0.2, 0) is 13.1 Å². The summed E-state index contributed by atoms with van der Waals surface area (Å²) in [6.07, 6.45) is 8.76. The molecular formula is C15H24N2O. The summed E-state index contributed by atoms with van der Waals surface area (Å²) in [6, 6.07) is 2.92. The van der Waals surface area contributed by atoms with E-state index in [0.29, 0.717) is 0 Å². The van der Waals surface area contributed by atoms with Crippen LogP contribution in [0.1, 0.15) is 37.0 Å². The van der Waals surface area contributed by atoms with Gasteiger partial charge in [0.25, 0.3) is 0 Å². The zero-order chi connectivity index (χ0) is 12.8. The summed E-state index contributed by atoms with van der Waals surface area (Å²) in [4.78, 5) is 2.29. The smallest absolute Gasteiger partial charge is 0.118 e. The van der Waals surface area contributed by atoms with Crippen molar-refractivity contribution in [3.8, 4) is 0 Å². The summed E-state index contributed by atoms with van der Waals surface area (Å²) in [5.74, 6) is 1.06. The van der Waals surface area contributed by atoms with E-state index >= 15 is 0 Å². The van der Waals surface area contributed by atoms with Gasteiger partial charge in [0.05, 0.1) is 12.8 Å². The lowest BCUT2D eigenvalue weighted by Gasteiger charge is -2.13. The van der Waals surface area contributed by atoms with Crippen molar-refractivity contribution >= 4 is 0 Å². The van der Waals surface area contributed by atoms with Gasteiger partial charge in [-0.05, 0) is 45.3 Å². The van der Waals surface area contributed by atoms with Crippen LogP contribution in [-0.4, -0.2) is 24.5 Å². The van der Waals surface area contributed by atoms with Gasteiger partial charge in [0.15, 0.2) is 0 Å². The molecular weight excluding hydrogens is 224 g/mol. The van der Waals surface area contributed by atoms with Crippen molar-refractivity contribution in [3.63, 3.8) is 0 Å². The Bertz CT molecular complexity index is 368. The number of furan rings is 1. The maximum absolute atomic E-state index is 5.59. The van der Waals surface area contributed by atoms with Crippen LogP contribution in [0.2, 0.25) is 0 Å². The first-order valence-electron chi connectivity index (χ1n) is 6.87. The zero-order valence-corrected chi connectivity index (χ0v) is 11.3. The van der Waals surface area contributed by atoms with Gasteiger partial charge in [-0.15, -0.1) is 6.58 Å². The molecule has 2 rings (SSSR count). The fourth-order valence-electron chi connectivity index (χ4n) is 2.00. The topological polar surface area (TPSA) is 28.4 Å². The van der Waals surface area contributed by atoms with E-state index in [1.54, 1.807) is 0 Å². The third kappa shape index (κ3) is 4.67. The number of allylic oxidation sites excluding steroid dienone is 1. The van der Waals surface area contributed by atoms with Crippen molar-refractivity contribution in [1.29, 1.82) is 0 Å². The molecule has 1 fully saturated rings. The summed E-state index contributed by atoms with van der Waals surface area (Å²) in [6.45, 7) is 6.65. The van der Waals surface area contributed by atoms with Crippen LogP contribution in [0.3, 0.4) is 0 Å². The highest BCUT2D eigenvalue weighted by atomic mass is 16.3. The maximum Gasteiger partial charge on any atom is 0.118 e. The first-order valence-corrected chi connectivity index (χ1v) is 6.87. The molecule has 0 radical (unpaired) electrons. The molecule has 0 saturated heterocycles. The van der Waals surface area contributed by atoms with Gasteiger partial charge in [0.1, 0.15) is 5.76 Å². The number of hydrogen-bond acceptors (Lipinski definition) is 3. The highest BCUT2D eigenvalue weighted by Crippen LogP contribution is 2.19. The quantitative estimate of drug-likeness (QED) is 0.538. The molecule has 0 aliphatic heterocycles. The molecule has 100 valence electrons. The molecule has 1 aliphatic rings. The Morgan fingerprint density at radius 1 is 1.56 bits per heavy atom. The SMILES string of the molecule is C=CCCCN(C)Cc1cc(CNC2CC2)co1. The first-order chi connectivity index (χ1) is 8.78. The predicted octanol–water partition coefficient (Wildman–Crippen LogP) is 2.93. The van der Waals surface area contributed by atoms with Gasteiger partial charge < -0.3 is 9.73 Å². The Labute approximate surface area is 110 Å². The standard InChI is InChI=1S/C15H24N2O/c1-3-4-5-8-17(2)11-15-9-13(12-18-15)10-16-14-6-7-14/h3,9,12,14,16H,1,4-8,10-11H2,2H3. The van der Waals surface area contributed by atoms with Crippen molar-refractivity contribution < 1.29 is 4.42 Å². The summed E-state index contributed by atoms with van der Waals surface area (Å²) in [5.41, 5.74) is 1.26. The molecule has 1 aromatic rings. The average molecular weight is 248 g/mol. The van der Waals surface area contributed by atoms with E-state index in [9.17, 15) is 0 Å². The lowest BCUT2D eigenvalue weighted by molar-refractivity contribution is 0.292. The van der Waals surface area contributed by atoms with Crippen LogP contribution in [0.25, 0.3) is 0 Å². The van der Waals surface area contributed by atoms with E-state index < -0.39 is 0 Å². The maximum atomic E-state index is 5.59. The molecule has 0 aromatic carbocycles. The van der Waals surface area contributed by atoms with E-state index in [1.165, 1.54) is 18.4 Å². The molecule has 1 aromatic heterocycles. The van der Waals surface area contributed by atoms with Gasteiger partial charge >= 0.3 is 0 Å². The molecule has 0 unspecified atom stereocenters. The van der Waals surface area contributed by atoms with Gasteiger partial charge in [0, 0.05) is 18.2 Å². The highest BCUT2D eigenvalue weighted by molar-refractivity contribution is 5.13. The molecule has 1 N–H and O–H groups in total. The number of rotatable bonds is 9. The Kier molecular flexibility index (Phi) is 5.02. The van der Waals surface area contributed by atoms with Crippen LogP contribution in [0.5, 0.6) is 0 Å². The van der Waals surface area contributed by atoms with Crippen molar-refractivity contribution in [2.45, 2.75) is 44.8 Å². The minimum absolute atomic E-state index is 0.755. The van der Waals surface area contributed by atoms with Gasteiger partial charge in [0.2, 0.25) is 0 Å². The molecule has 18 heavy (non-hydrogen) atoms. The largest absolute Gasteiger partial charge is 0.468 e. The summed E-state index contributed by atoms with van der Waals surface area (Å²) in [7, 11) is 2.13. The molecule has 0 amide bonds. The highest BCUT2D eigenvalue weighted by Gasteiger charge is 2.20. The van der Waals surface area contributed by atoms with Crippen LogP contribution in [0.4, 0.5) is 0 Å². The third-order valence-corrected chi connectivity index (χ3v) is 3.25. The second-order valence-corrected chi connectivity index (χ2v) is 5.25. The lowest BCUT2D eigenvalue weighted by atomic mass is 10.2. The van der Waals surface area contributed by atoms with Crippen molar-refractivity contribution in [1.82, 2.24) is 10.2 Å². The normalized spacial score (nSPS) is 15.2. The minimum atomic E-state index is 0.755. The van der Waals surface area contributed by atoms with E-state index in [-0.39, 0.29) is 0 Å². The fourth-order valence-corrected chi connectivity index (χ4v) is 2.00. The van der Waals surface area contributed by atoms with E-state index in [1.807, 2.05) is 12.3 Å². The summed E-state index contributed by atoms with van der Waals surface area (Å²) in [5, 5.41) is 3.50. The molecule has 0 spiro atoms. The van der Waals surface area contributed by atoms with Crippen LogP contribution in [0.15, 0.2) is 29.4 Å². The molecule has 1 saturated carbocycles. The number of hydrogen-bond donors (Lipinski definition) is 1. The van der Waals surface area contributed by atoms with Crippen LogP contribution < -0.4 is 5.32 Å². The van der Waals surface area contributed by atoms with E-state index in [0.717, 1.165) is 44.3 Å². The Balaban J connectivity index is 1.69. The summed E-state index contributed by atoms with van der Waals surface area (Å²) < 4.78 is 5.59.